The van der Waals surface area contributed by atoms with E-state index in [2.05, 4.69) is 22.7 Å². The molecule has 2 aromatic rings. The maximum atomic E-state index is 5.20. The molecule has 2 N–H and O–H groups in total. The molecule has 1 aliphatic rings. The second-order valence-corrected chi connectivity index (χ2v) is 6.62. The minimum Gasteiger partial charge on any atom is -0.497 e. The van der Waals surface area contributed by atoms with E-state index in [9.17, 15) is 0 Å². The molecule has 1 fully saturated rings. The van der Waals surface area contributed by atoms with Crippen molar-refractivity contribution in [3.63, 3.8) is 0 Å². The highest BCUT2D eigenvalue weighted by Crippen LogP contribution is 2.17. The summed E-state index contributed by atoms with van der Waals surface area (Å²) in [6.45, 7) is 3.51. The van der Waals surface area contributed by atoms with Crippen molar-refractivity contribution in [1.82, 2.24) is 20.4 Å². The summed E-state index contributed by atoms with van der Waals surface area (Å²) in [5, 5.41) is 11.5. The average molecular weight is 355 g/mol. The molecule has 3 rings (SSSR count). The molecule has 6 nitrogen and oxygen atoms in total. The van der Waals surface area contributed by atoms with Gasteiger partial charge in [0.2, 0.25) is 0 Å². The summed E-state index contributed by atoms with van der Waals surface area (Å²) in [4.78, 5) is 4.71. The van der Waals surface area contributed by atoms with Crippen molar-refractivity contribution in [2.75, 3.05) is 13.7 Å². The number of aliphatic imine (C=N–C) groups is 1. The van der Waals surface area contributed by atoms with E-state index < -0.39 is 0 Å². The van der Waals surface area contributed by atoms with Gasteiger partial charge in [0, 0.05) is 18.8 Å². The van der Waals surface area contributed by atoms with Gasteiger partial charge in [0.25, 0.3) is 0 Å². The lowest BCUT2D eigenvalue weighted by Crippen LogP contribution is -2.44. The van der Waals surface area contributed by atoms with Gasteiger partial charge >= 0.3 is 0 Å². The summed E-state index contributed by atoms with van der Waals surface area (Å²) in [5.74, 6) is 1.73. The summed E-state index contributed by atoms with van der Waals surface area (Å²) in [6, 6.07) is 10.4. The molecule has 0 saturated heterocycles. The summed E-state index contributed by atoms with van der Waals surface area (Å²) in [6.07, 6.45) is 8.41. The van der Waals surface area contributed by atoms with Crippen LogP contribution in [0.25, 0.3) is 5.69 Å². The molecular formula is C20H29N5O. The molecule has 140 valence electrons. The molecule has 1 heterocycles. The molecule has 1 aromatic carbocycles. The van der Waals surface area contributed by atoms with E-state index in [1.807, 2.05) is 41.2 Å². The van der Waals surface area contributed by atoms with Crippen LogP contribution in [0.1, 0.15) is 44.7 Å². The number of aromatic nitrogens is 2. The first kappa shape index (κ1) is 18.3. The predicted octanol–water partition coefficient (Wildman–Crippen LogP) is 3.27. The lowest BCUT2D eigenvalue weighted by molar-refractivity contribution is 0.410. The van der Waals surface area contributed by atoms with Gasteiger partial charge in [0.1, 0.15) is 5.75 Å². The highest BCUT2D eigenvalue weighted by atomic mass is 16.5. The Hall–Kier alpha value is -2.50. The van der Waals surface area contributed by atoms with Crippen molar-refractivity contribution in [2.45, 2.75) is 51.6 Å². The Bertz CT molecular complexity index is 701. The molecule has 0 atom stereocenters. The number of ether oxygens (including phenoxy) is 1. The first-order valence-corrected chi connectivity index (χ1v) is 9.52. The minimum absolute atomic E-state index is 0.540. The Morgan fingerprint density at radius 2 is 1.96 bits per heavy atom. The van der Waals surface area contributed by atoms with Crippen LogP contribution < -0.4 is 15.4 Å². The minimum atomic E-state index is 0.540. The van der Waals surface area contributed by atoms with E-state index in [0.717, 1.165) is 29.6 Å². The van der Waals surface area contributed by atoms with Gasteiger partial charge in [-0.3, -0.25) is 0 Å². The Kier molecular flexibility index (Phi) is 6.52. The standard InChI is InChI=1S/C20H29N5O/c1-3-21-20(23-16-7-5-4-6-8-16)22-15-17-13-14-25(24-17)18-9-11-19(26-2)12-10-18/h9-14,16H,3-8,15H2,1-2H3,(H2,21,22,23). The molecule has 26 heavy (non-hydrogen) atoms. The van der Waals surface area contributed by atoms with E-state index in [1.165, 1.54) is 32.1 Å². The van der Waals surface area contributed by atoms with Gasteiger partial charge in [-0.15, -0.1) is 0 Å². The third kappa shape index (κ3) is 5.00. The van der Waals surface area contributed by atoms with Gasteiger partial charge in [-0.25, -0.2) is 9.67 Å². The van der Waals surface area contributed by atoms with Crippen LogP contribution >= 0.6 is 0 Å². The van der Waals surface area contributed by atoms with Crippen LogP contribution in [0.3, 0.4) is 0 Å². The van der Waals surface area contributed by atoms with Crippen molar-refractivity contribution in [3.8, 4) is 11.4 Å². The van der Waals surface area contributed by atoms with E-state index in [1.54, 1.807) is 7.11 Å². The Morgan fingerprint density at radius 3 is 2.65 bits per heavy atom. The van der Waals surface area contributed by atoms with Crippen LogP contribution in [0.5, 0.6) is 5.75 Å². The molecule has 1 saturated carbocycles. The fraction of sp³-hybridized carbons (Fsp3) is 0.500. The van der Waals surface area contributed by atoms with Crippen molar-refractivity contribution < 1.29 is 4.74 Å². The second kappa shape index (κ2) is 9.27. The van der Waals surface area contributed by atoms with E-state index >= 15 is 0 Å². The molecule has 1 aromatic heterocycles. The fourth-order valence-electron chi connectivity index (χ4n) is 3.25. The van der Waals surface area contributed by atoms with E-state index in [0.29, 0.717) is 12.6 Å². The second-order valence-electron chi connectivity index (χ2n) is 6.62. The highest BCUT2D eigenvalue weighted by Gasteiger charge is 2.14. The van der Waals surface area contributed by atoms with Gasteiger partial charge in [0.15, 0.2) is 5.96 Å². The van der Waals surface area contributed by atoms with Crippen molar-refractivity contribution in [3.05, 3.63) is 42.2 Å². The van der Waals surface area contributed by atoms with Crippen LogP contribution in [0.4, 0.5) is 0 Å². The summed E-state index contributed by atoms with van der Waals surface area (Å²) < 4.78 is 7.07. The Labute approximate surface area is 155 Å². The van der Waals surface area contributed by atoms with Crippen LogP contribution in [0.2, 0.25) is 0 Å². The van der Waals surface area contributed by atoms with Gasteiger partial charge < -0.3 is 15.4 Å². The summed E-state index contributed by atoms with van der Waals surface area (Å²) >= 11 is 0. The molecule has 1 aliphatic carbocycles. The van der Waals surface area contributed by atoms with Crippen molar-refractivity contribution >= 4 is 5.96 Å². The fourth-order valence-corrected chi connectivity index (χ4v) is 3.25. The first-order valence-electron chi connectivity index (χ1n) is 9.52. The number of hydrogen-bond acceptors (Lipinski definition) is 3. The summed E-state index contributed by atoms with van der Waals surface area (Å²) in [5.41, 5.74) is 1.95. The number of hydrogen-bond donors (Lipinski definition) is 2. The number of methoxy groups -OCH3 is 1. The lowest BCUT2D eigenvalue weighted by Gasteiger charge is -2.24. The van der Waals surface area contributed by atoms with Crippen molar-refractivity contribution in [1.29, 1.82) is 0 Å². The molecule has 0 unspecified atom stereocenters. The molecule has 0 spiro atoms. The van der Waals surface area contributed by atoms with Gasteiger partial charge in [0.05, 0.1) is 25.0 Å². The molecule has 0 radical (unpaired) electrons. The van der Waals surface area contributed by atoms with E-state index in [4.69, 9.17) is 9.73 Å². The number of nitrogens with zero attached hydrogens (tertiary/aromatic N) is 3. The van der Waals surface area contributed by atoms with Gasteiger partial charge in [-0.2, -0.15) is 5.10 Å². The van der Waals surface area contributed by atoms with Crippen molar-refractivity contribution in [2.24, 2.45) is 4.99 Å². The maximum Gasteiger partial charge on any atom is 0.191 e. The predicted molar refractivity (Wildman–Crippen MR) is 105 cm³/mol. The smallest absolute Gasteiger partial charge is 0.191 e. The Balaban J connectivity index is 1.62. The largest absolute Gasteiger partial charge is 0.497 e. The quantitative estimate of drug-likeness (QED) is 0.617. The normalized spacial score (nSPS) is 15.7. The highest BCUT2D eigenvalue weighted by molar-refractivity contribution is 5.80. The zero-order chi connectivity index (χ0) is 18.2. The monoisotopic (exact) mass is 355 g/mol. The molecule has 0 bridgehead atoms. The van der Waals surface area contributed by atoms with Crippen LogP contribution in [-0.4, -0.2) is 35.4 Å². The third-order valence-electron chi connectivity index (χ3n) is 4.67. The third-order valence-corrected chi connectivity index (χ3v) is 4.67. The number of guanidine groups is 1. The molecular weight excluding hydrogens is 326 g/mol. The average Bonchev–Trinajstić information content (AvgIpc) is 3.16. The van der Waals surface area contributed by atoms with Gasteiger partial charge in [-0.1, -0.05) is 19.3 Å². The van der Waals surface area contributed by atoms with Gasteiger partial charge in [-0.05, 0) is 50.1 Å². The van der Waals surface area contributed by atoms with E-state index in [-0.39, 0.29) is 0 Å². The molecule has 0 amide bonds. The van der Waals surface area contributed by atoms with Crippen LogP contribution in [0, 0.1) is 0 Å². The zero-order valence-electron chi connectivity index (χ0n) is 15.7. The van der Waals surface area contributed by atoms with Crippen LogP contribution in [-0.2, 0) is 6.54 Å². The first-order chi connectivity index (χ1) is 12.8. The lowest BCUT2D eigenvalue weighted by atomic mass is 9.96. The number of rotatable bonds is 6. The van der Waals surface area contributed by atoms with Crippen LogP contribution in [0.15, 0.2) is 41.5 Å². The maximum absolute atomic E-state index is 5.20. The zero-order valence-corrected chi connectivity index (χ0v) is 15.7. The summed E-state index contributed by atoms with van der Waals surface area (Å²) in [7, 11) is 1.67. The molecule has 0 aliphatic heterocycles. The Morgan fingerprint density at radius 1 is 1.19 bits per heavy atom. The topological polar surface area (TPSA) is 63.5 Å². The SMILES string of the molecule is CCNC(=NCc1ccn(-c2ccc(OC)cc2)n1)NC1CCCCC1. The molecule has 6 heteroatoms. The number of benzene rings is 1. The number of nitrogens with one attached hydrogen (secondary N) is 2.